The maximum atomic E-state index is 13.0. The van der Waals surface area contributed by atoms with Gasteiger partial charge in [0.1, 0.15) is 24.9 Å². The summed E-state index contributed by atoms with van der Waals surface area (Å²) in [5.41, 5.74) is 4.77. The van der Waals surface area contributed by atoms with Gasteiger partial charge >= 0.3 is 18.2 Å². The highest BCUT2D eigenvalue weighted by molar-refractivity contribution is 5.82. The van der Waals surface area contributed by atoms with Crippen LogP contribution in [0.1, 0.15) is 56.2 Å². The van der Waals surface area contributed by atoms with Crippen LogP contribution in [0.15, 0.2) is 78.9 Å². The van der Waals surface area contributed by atoms with Crippen molar-refractivity contribution in [2.45, 2.75) is 63.8 Å². The lowest BCUT2D eigenvalue weighted by Crippen LogP contribution is -2.45. The molecule has 214 valence electrons. The zero-order valence-corrected chi connectivity index (χ0v) is 23.6. The lowest BCUT2D eigenvalue weighted by molar-refractivity contribution is -0.147. The Balaban J connectivity index is 1.14. The van der Waals surface area contributed by atoms with Crippen molar-refractivity contribution in [2.75, 3.05) is 6.61 Å². The van der Waals surface area contributed by atoms with Crippen LogP contribution in [0, 0.1) is 5.92 Å². The fourth-order valence-corrected chi connectivity index (χ4v) is 5.27. The normalized spacial score (nSPS) is 17.9. The number of hydrogen-bond acceptors (Lipinski definition) is 6. The van der Waals surface area contributed by atoms with Gasteiger partial charge in [0.05, 0.1) is 0 Å². The lowest BCUT2D eigenvalue weighted by Gasteiger charge is -2.23. The Hall–Kier alpha value is -4.33. The molecular weight excluding hydrogens is 520 g/mol. The Morgan fingerprint density at radius 3 is 2.07 bits per heavy atom. The predicted octanol–water partition coefficient (Wildman–Crippen LogP) is 5.94. The zero-order chi connectivity index (χ0) is 29.0. The molecule has 0 bridgehead atoms. The van der Waals surface area contributed by atoms with E-state index in [0.29, 0.717) is 12.8 Å². The molecule has 1 fully saturated rings. The summed E-state index contributed by atoms with van der Waals surface area (Å²) in [4.78, 5) is 38.1. The zero-order valence-electron chi connectivity index (χ0n) is 23.6. The van der Waals surface area contributed by atoms with E-state index in [-0.39, 0.29) is 31.1 Å². The average molecular weight is 557 g/mol. The third-order valence-corrected chi connectivity index (χ3v) is 7.31. The summed E-state index contributed by atoms with van der Waals surface area (Å²) in [6, 6.07) is 24.6. The van der Waals surface area contributed by atoms with Gasteiger partial charge in [0, 0.05) is 12.0 Å². The second-order valence-corrected chi connectivity index (χ2v) is 11.6. The van der Waals surface area contributed by atoms with Gasteiger partial charge in [-0.05, 0) is 67.3 Å². The number of alkyl carbamates (subject to hydrolysis) is 2. The van der Waals surface area contributed by atoms with E-state index >= 15 is 0 Å². The molecule has 0 saturated heterocycles. The molecular formula is C33H36N2O6. The number of carbonyl (C=O) groups excluding carboxylic acids is 3. The fourth-order valence-electron chi connectivity index (χ4n) is 5.27. The topological polar surface area (TPSA) is 103 Å². The molecule has 0 aliphatic heterocycles. The van der Waals surface area contributed by atoms with Crippen LogP contribution in [0.25, 0.3) is 11.1 Å². The molecule has 3 atom stereocenters. The van der Waals surface area contributed by atoms with E-state index in [4.69, 9.17) is 14.2 Å². The van der Waals surface area contributed by atoms with Crippen molar-refractivity contribution in [2.24, 2.45) is 5.92 Å². The highest BCUT2D eigenvalue weighted by Crippen LogP contribution is 2.44. The third kappa shape index (κ3) is 7.25. The Labute approximate surface area is 240 Å². The maximum Gasteiger partial charge on any atom is 0.408 e. The Morgan fingerprint density at radius 2 is 1.44 bits per heavy atom. The molecule has 3 aromatic rings. The summed E-state index contributed by atoms with van der Waals surface area (Å²) >= 11 is 0. The Kier molecular flexibility index (Phi) is 8.28. The Morgan fingerprint density at radius 1 is 0.829 bits per heavy atom. The molecule has 0 unspecified atom stereocenters. The lowest BCUT2D eigenvalue weighted by atomic mass is 9.98. The standard InChI is InChI=1S/C33H36N2O6/c1-33(2,3)41-32(38)35-29(30(36)39-19-21-11-5-4-6-12-21)18-22-17-28(22)34-31(37)40-20-27-25-15-9-7-13-23(25)24-14-8-10-16-26(24)27/h4-16,22,27-29H,17-20H2,1-3H3,(H,34,37)(H,35,38)/t22-,28+,29+/m1/s1. The molecule has 0 spiro atoms. The van der Waals surface area contributed by atoms with Gasteiger partial charge in [-0.15, -0.1) is 0 Å². The minimum absolute atomic E-state index is 0.0142. The molecule has 1 saturated carbocycles. The largest absolute Gasteiger partial charge is 0.459 e. The van der Waals surface area contributed by atoms with Crippen LogP contribution in [0.3, 0.4) is 0 Å². The molecule has 2 N–H and O–H groups in total. The Bertz CT molecular complexity index is 1350. The highest BCUT2D eigenvalue weighted by Gasteiger charge is 2.43. The molecule has 0 heterocycles. The van der Waals surface area contributed by atoms with Crippen molar-refractivity contribution in [3.8, 4) is 11.1 Å². The number of ether oxygens (including phenoxy) is 3. The molecule has 5 rings (SSSR count). The SMILES string of the molecule is CC(C)(C)OC(=O)N[C@@H](C[C@H]1C[C@@H]1NC(=O)OCC1c2ccccc2-c2ccccc21)C(=O)OCc1ccccc1. The first-order valence-electron chi connectivity index (χ1n) is 14.0. The number of nitrogens with one attached hydrogen (secondary N) is 2. The summed E-state index contributed by atoms with van der Waals surface area (Å²) in [7, 11) is 0. The monoisotopic (exact) mass is 556 g/mol. The van der Waals surface area contributed by atoms with Gasteiger partial charge in [-0.3, -0.25) is 0 Å². The van der Waals surface area contributed by atoms with Gasteiger partial charge in [0.2, 0.25) is 0 Å². The van der Waals surface area contributed by atoms with Crippen molar-refractivity contribution in [3.63, 3.8) is 0 Å². The van der Waals surface area contributed by atoms with Gasteiger partial charge in [-0.1, -0.05) is 78.9 Å². The van der Waals surface area contributed by atoms with Gasteiger partial charge < -0.3 is 24.8 Å². The van der Waals surface area contributed by atoms with Crippen LogP contribution in [0.2, 0.25) is 0 Å². The van der Waals surface area contributed by atoms with E-state index in [1.807, 2.05) is 54.6 Å². The van der Waals surface area contributed by atoms with E-state index in [0.717, 1.165) is 16.7 Å². The van der Waals surface area contributed by atoms with E-state index < -0.39 is 29.8 Å². The molecule has 2 aliphatic rings. The van der Waals surface area contributed by atoms with Gasteiger partial charge in [-0.2, -0.15) is 0 Å². The number of carbonyl (C=O) groups is 3. The number of benzene rings is 3. The second-order valence-electron chi connectivity index (χ2n) is 11.6. The van der Waals surface area contributed by atoms with Gasteiger partial charge in [0.15, 0.2) is 0 Å². The fraction of sp³-hybridized carbons (Fsp3) is 0.364. The third-order valence-electron chi connectivity index (χ3n) is 7.31. The molecule has 41 heavy (non-hydrogen) atoms. The smallest absolute Gasteiger partial charge is 0.408 e. The summed E-state index contributed by atoms with van der Waals surface area (Å²) < 4.78 is 16.5. The van der Waals surface area contributed by atoms with Crippen LogP contribution in [-0.4, -0.2) is 42.4 Å². The molecule has 0 aromatic heterocycles. The van der Waals surface area contributed by atoms with Crippen molar-refractivity contribution in [1.82, 2.24) is 10.6 Å². The average Bonchev–Trinajstić information content (AvgIpc) is 3.59. The number of fused-ring (bicyclic) bond motifs is 3. The van der Waals surface area contributed by atoms with Crippen LogP contribution >= 0.6 is 0 Å². The van der Waals surface area contributed by atoms with Crippen molar-refractivity contribution in [3.05, 3.63) is 95.6 Å². The van der Waals surface area contributed by atoms with Gasteiger partial charge in [0.25, 0.3) is 0 Å². The van der Waals surface area contributed by atoms with Crippen LogP contribution in [0.5, 0.6) is 0 Å². The van der Waals surface area contributed by atoms with E-state index in [1.54, 1.807) is 20.8 Å². The molecule has 3 aromatic carbocycles. The first kappa shape index (κ1) is 28.2. The molecule has 0 radical (unpaired) electrons. The summed E-state index contributed by atoms with van der Waals surface area (Å²) in [6.07, 6.45) is -0.215. The molecule has 8 nitrogen and oxygen atoms in total. The summed E-state index contributed by atoms with van der Waals surface area (Å²) in [6.45, 7) is 5.59. The number of esters is 1. The number of amides is 2. The first-order valence-corrected chi connectivity index (χ1v) is 14.0. The van der Waals surface area contributed by atoms with E-state index in [1.165, 1.54) is 11.1 Å². The maximum absolute atomic E-state index is 13.0. The minimum atomic E-state index is -0.909. The molecule has 8 heteroatoms. The quantitative estimate of drug-likeness (QED) is 0.250. The predicted molar refractivity (Wildman–Crippen MR) is 154 cm³/mol. The van der Waals surface area contributed by atoms with E-state index in [2.05, 4.69) is 34.9 Å². The number of hydrogen-bond donors (Lipinski definition) is 2. The van der Waals surface area contributed by atoms with Crippen LogP contribution < -0.4 is 10.6 Å². The van der Waals surface area contributed by atoms with Crippen molar-refractivity contribution < 1.29 is 28.6 Å². The van der Waals surface area contributed by atoms with E-state index in [9.17, 15) is 14.4 Å². The highest BCUT2D eigenvalue weighted by atomic mass is 16.6. The summed E-state index contributed by atoms with van der Waals surface area (Å²) in [5.74, 6) is -0.587. The summed E-state index contributed by atoms with van der Waals surface area (Å²) in [5, 5.41) is 5.57. The van der Waals surface area contributed by atoms with Crippen LogP contribution in [-0.2, 0) is 25.6 Å². The van der Waals surface area contributed by atoms with Gasteiger partial charge in [-0.25, -0.2) is 14.4 Å². The molecule has 2 amide bonds. The first-order chi connectivity index (χ1) is 19.7. The number of rotatable bonds is 9. The second kappa shape index (κ2) is 12.0. The van der Waals surface area contributed by atoms with Crippen LogP contribution in [0.4, 0.5) is 9.59 Å². The molecule has 2 aliphatic carbocycles. The van der Waals surface area contributed by atoms with Crippen molar-refractivity contribution >= 4 is 18.2 Å². The van der Waals surface area contributed by atoms with Crippen molar-refractivity contribution in [1.29, 1.82) is 0 Å². The minimum Gasteiger partial charge on any atom is -0.459 e.